The zero-order chi connectivity index (χ0) is 22.9. The van der Waals surface area contributed by atoms with Crippen LogP contribution < -0.4 is 10.2 Å². The second kappa shape index (κ2) is 8.55. The monoisotopic (exact) mass is 424 g/mol. The van der Waals surface area contributed by atoms with Crippen molar-refractivity contribution in [1.29, 1.82) is 0 Å². The first kappa shape index (κ1) is 22.0. The zero-order valence-corrected chi connectivity index (χ0v) is 17.6. The number of phenolic OH excluding ortho intramolecular Hbond substituents is 3. The fourth-order valence-electron chi connectivity index (χ4n) is 3.47. The van der Waals surface area contributed by atoms with Crippen LogP contribution in [0.1, 0.15) is 32.3 Å². The van der Waals surface area contributed by atoms with Crippen LogP contribution in [0.2, 0.25) is 0 Å². The number of benzene rings is 2. The molecule has 0 aliphatic rings. The first-order valence-electron chi connectivity index (χ1n) is 9.69. The lowest BCUT2D eigenvalue weighted by Gasteiger charge is -2.13. The smallest absolute Gasteiger partial charge is 0.204 e. The summed E-state index contributed by atoms with van der Waals surface area (Å²) in [5.41, 5.74) is 1.40. The fraction of sp³-hybridized carbons (Fsp3) is 0.250. The number of aromatic hydroxyl groups is 3. The van der Waals surface area contributed by atoms with Crippen LogP contribution in [-0.2, 0) is 11.2 Å². The van der Waals surface area contributed by atoms with E-state index in [-0.39, 0.29) is 51.4 Å². The SMILES string of the molecule is C=C(C)C(=O)CCC(C)=CCc1c(OC)c(O)cc2oc3cc(O)cc(O)c3c(=O)c12. The van der Waals surface area contributed by atoms with Gasteiger partial charge in [0.05, 0.1) is 12.5 Å². The molecule has 2 aromatic carbocycles. The number of fused-ring (bicyclic) bond motifs is 2. The van der Waals surface area contributed by atoms with Gasteiger partial charge in [-0.3, -0.25) is 9.59 Å². The molecule has 3 aromatic rings. The van der Waals surface area contributed by atoms with Crippen molar-refractivity contribution in [3.05, 3.63) is 57.8 Å². The summed E-state index contributed by atoms with van der Waals surface area (Å²) in [5.74, 6) is -0.763. The number of carbonyl (C=O) groups is 1. The number of hydrogen-bond donors (Lipinski definition) is 3. The predicted octanol–water partition coefficient (Wildman–Crippen LogP) is 4.49. The third kappa shape index (κ3) is 4.26. The lowest BCUT2D eigenvalue weighted by atomic mass is 9.99. The first-order valence-corrected chi connectivity index (χ1v) is 9.69. The normalized spacial score (nSPS) is 11.8. The van der Waals surface area contributed by atoms with Gasteiger partial charge >= 0.3 is 0 Å². The second-order valence-corrected chi connectivity index (χ2v) is 7.51. The van der Waals surface area contributed by atoms with Crippen LogP contribution >= 0.6 is 0 Å². The Hall–Kier alpha value is -3.74. The number of phenols is 3. The molecule has 0 spiro atoms. The van der Waals surface area contributed by atoms with E-state index in [1.807, 2.05) is 13.0 Å². The highest BCUT2D eigenvalue weighted by atomic mass is 16.5. The molecule has 7 heteroatoms. The summed E-state index contributed by atoms with van der Waals surface area (Å²) in [7, 11) is 1.38. The first-order chi connectivity index (χ1) is 14.6. The van der Waals surface area contributed by atoms with Gasteiger partial charge in [0.1, 0.15) is 28.1 Å². The Bertz CT molecular complexity index is 1300. The van der Waals surface area contributed by atoms with Gasteiger partial charge in [-0.15, -0.1) is 0 Å². The highest BCUT2D eigenvalue weighted by molar-refractivity contribution is 5.97. The summed E-state index contributed by atoms with van der Waals surface area (Å²) in [6, 6.07) is 3.55. The predicted molar refractivity (Wildman–Crippen MR) is 118 cm³/mol. The van der Waals surface area contributed by atoms with Crippen LogP contribution in [0.5, 0.6) is 23.0 Å². The minimum absolute atomic E-state index is 0.00412. The molecule has 3 rings (SSSR count). The van der Waals surface area contributed by atoms with Crippen LogP contribution in [0, 0.1) is 0 Å². The maximum absolute atomic E-state index is 13.2. The van der Waals surface area contributed by atoms with Gasteiger partial charge in [-0.1, -0.05) is 18.2 Å². The maximum Gasteiger partial charge on any atom is 0.204 e. The highest BCUT2D eigenvalue weighted by Gasteiger charge is 2.21. The number of Topliss-reactive ketones (excluding diaryl/α,β-unsaturated/α-hetero) is 1. The molecular weight excluding hydrogens is 400 g/mol. The minimum Gasteiger partial charge on any atom is -0.508 e. The molecule has 0 amide bonds. The maximum atomic E-state index is 13.2. The largest absolute Gasteiger partial charge is 0.508 e. The lowest BCUT2D eigenvalue weighted by molar-refractivity contribution is -0.115. The van der Waals surface area contributed by atoms with Crippen LogP contribution in [0.3, 0.4) is 0 Å². The van der Waals surface area contributed by atoms with Crippen LogP contribution in [-0.4, -0.2) is 28.2 Å². The van der Waals surface area contributed by atoms with Crippen molar-refractivity contribution in [2.75, 3.05) is 7.11 Å². The topological polar surface area (TPSA) is 117 Å². The summed E-state index contributed by atoms with van der Waals surface area (Å²) in [6.07, 6.45) is 2.95. The molecule has 0 aliphatic heterocycles. The van der Waals surface area contributed by atoms with Crippen molar-refractivity contribution in [1.82, 2.24) is 0 Å². The molecule has 0 aliphatic carbocycles. The average Bonchev–Trinajstić information content (AvgIpc) is 2.68. The zero-order valence-electron chi connectivity index (χ0n) is 17.6. The van der Waals surface area contributed by atoms with Crippen LogP contribution in [0.25, 0.3) is 21.9 Å². The van der Waals surface area contributed by atoms with Gasteiger partial charge in [-0.25, -0.2) is 0 Å². The van der Waals surface area contributed by atoms with E-state index >= 15 is 0 Å². The summed E-state index contributed by atoms with van der Waals surface area (Å²) >= 11 is 0. The van der Waals surface area contributed by atoms with Gasteiger partial charge in [-0.05, 0) is 32.3 Å². The lowest BCUT2D eigenvalue weighted by Crippen LogP contribution is -2.07. The minimum atomic E-state index is -0.509. The van der Waals surface area contributed by atoms with Crippen molar-refractivity contribution >= 4 is 27.7 Å². The van der Waals surface area contributed by atoms with E-state index in [4.69, 9.17) is 9.15 Å². The molecule has 0 saturated carbocycles. The van der Waals surface area contributed by atoms with E-state index in [1.54, 1.807) is 6.92 Å². The number of ketones is 1. The molecule has 162 valence electrons. The number of rotatable bonds is 7. The summed E-state index contributed by atoms with van der Waals surface area (Å²) in [6.45, 7) is 7.19. The molecule has 0 saturated heterocycles. The van der Waals surface area contributed by atoms with Gasteiger partial charge in [0, 0.05) is 30.2 Å². The molecule has 3 N–H and O–H groups in total. The van der Waals surface area contributed by atoms with Gasteiger partial charge in [0.15, 0.2) is 17.3 Å². The van der Waals surface area contributed by atoms with Gasteiger partial charge < -0.3 is 24.5 Å². The Morgan fingerprint density at radius 3 is 2.39 bits per heavy atom. The summed E-state index contributed by atoms with van der Waals surface area (Å²) in [5, 5.41) is 30.4. The molecule has 1 heterocycles. The van der Waals surface area contributed by atoms with Crippen molar-refractivity contribution in [3.63, 3.8) is 0 Å². The van der Waals surface area contributed by atoms with E-state index in [0.717, 1.165) is 11.6 Å². The van der Waals surface area contributed by atoms with E-state index in [2.05, 4.69) is 6.58 Å². The third-order valence-electron chi connectivity index (χ3n) is 5.14. The number of allylic oxidation sites excluding steroid dienone is 3. The standard InChI is InChI=1S/C24H24O7/c1-12(2)16(26)8-6-13(3)5-7-15-21-20(11-18(28)24(15)30-4)31-19-10-14(25)9-17(27)22(19)23(21)29/h5,9-11,25,27-28H,1,6-8H2,2-4H3. The Kier molecular flexibility index (Phi) is 6.06. The van der Waals surface area contributed by atoms with Crippen molar-refractivity contribution in [3.8, 4) is 23.0 Å². The van der Waals surface area contributed by atoms with Gasteiger partial charge in [0.2, 0.25) is 5.43 Å². The molecule has 0 unspecified atom stereocenters. The van der Waals surface area contributed by atoms with E-state index in [1.165, 1.54) is 19.2 Å². The van der Waals surface area contributed by atoms with Crippen molar-refractivity contribution < 1.29 is 29.3 Å². The molecule has 0 radical (unpaired) electrons. The third-order valence-corrected chi connectivity index (χ3v) is 5.14. The van der Waals surface area contributed by atoms with Gasteiger partial charge in [-0.2, -0.15) is 0 Å². The van der Waals surface area contributed by atoms with Gasteiger partial charge in [0.25, 0.3) is 0 Å². The highest BCUT2D eigenvalue weighted by Crippen LogP contribution is 2.39. The summed E-state index contributed by atoms with van der Waals surface area (Å²) in [4.78, 5) is 25.0. The molecule has 7 nitrogen and oxygen atoms in total. The Morgan fingerprint density at radius 1 is 1.06 bits per heavy atom. The molecule has 0 bridgehead atoms. The second-order valence-electron chi connectivity index (χ2n) is 7.51. The fourth-order valence-corrected chi connectivity index (χ4v) is 3.47. The molecule has 31 heavy (non-hydrogen) atoms. The van der Waals surface area contributed by atoms with E-state index < -0.39 is 11.2 Å². The Balaban J connectivity index is 2.16. The molecule has 1 aromatic heterocycles. The number of hydrogen-bond acceptors (Lipinski definition) is 7. The number of carbonyl (C=O) groups excluding carboxylic acids is 1. The van der Waals surface area contributed by atoms with Crippen molar-refractivity contribution in [2.24, 2.45) is 0 Å². The van der Waals surface area contributed by atoms with Crippen LogP contribution in [0.15, 0.2) is 51.2 Å². The number of methoxy groups -OCH3 is 1. The number of ether oxygens (including phenoxy) is 1. The Morgan fingerprint density at radius 2 is 1.74 bits per heavy atom. The van der Waals surface area contributed by atoms with Crippen molar-refractivity contribution in [2.45, 2.75) is 33.1 Å². The quantitative estimate of drug-likeness (QED) is 0.291. The average molecular weight is 424 g/mol. The van der Waals surface area contributed by atoms with E-state index in [9.17, 15) is 24.9 Å². The Labute approximate surface area is 178 Å². The molecule has 0 fully saturated rings. The van der Waals surface area contributed by atoms with E-state index in [0.29, 0.717) is 24.0 Å². The van der Waals surface area contributed by atoms with Crippen LogP contribution in [0.4, 0.5) is 0 Å². The molecular formula is C24H24O7. The molecule has 0 atom stereocenters. The summed E-state index contributed by atoms with van der Waals surface area (Å²) < 4.78 is 11.0.